The number of fused-ring (bicyclic) bond motifs is 1. The molecule has 0 bridgehead atoms. The van der Waals surface area contributed by atoms with Crippen LogP contribution >= 0.6 is 11.8 Å². The van der Waals surface area contributed by atoms with Crippen molar-refractivity contribution >= 4 is 11.8 Å². The molecule has 1 unspecified atom stereocenters. The van der Waals surface area contributed by atoms with Gasteiger partial charge in [-0.3, -0.25) is 0 Å². The van der Waals surface area contributed by atoms with Gasteiger partial charge in [-0.15, -0.1) is 0 Å². The first-order chi connectivity index (χ1) is 9.25. The van der Waals surface area contributed by atoms with Gasteiger partial charge < -0.3 is 10.1 Å². The molecule has 2 nitrogen and oxygen atoms in total. The van der Waals surface area contributed by atoms with E-state index in [4.69, 9.17) is 4.74 Å². The monoisotopic (exact) mass is 277 g/mol. The highest BCUT2D eigenvalue weighted by Crippen LogP contribution is 2.36. The van der Waals surface area contributed by atoms with E-state index in [1.54, 1.807) is 0 Å². The van der Waals surface area contributed by atoms with Crippen molar-refractivity contribution in [2.24, 2.45) is 0 Å². The van der Waals surface area contributed by atoms with E-state index in [-0.39, 0.29) is 0 Å². The molecule has 0 radical (unpaired) electrons. The van der Waals surface area contributed by atoms with Gasteiger partial charge in [-0.25, -0.2) is 0 Å². The molecule has 2 aliphatic heterocycles. The lowest BCUT2D eigenvalue weighted by molar-refractivity contribution is 0.266. The zero-order valence-corrected chi connectivity index (χ0v) is 12.5. The molecule has 0 amide bonds. The molecule has 1 atom stereocenters. The van der Waals surface area contributed by atoms with Gasteiger partial charge in [-0.1, -0.05) is 12.5 Å². The zero-order valence-electron chi connectivity index (χ0n) is 11.7. The van der Waals surface area contributed by atoms with Crippen molar-refractivity contribution in [2.45, 2.75) is 43.9 Å². The molecule has 0 spiro atoms. The Balaban J connectivity index is 1.63. The molecule has 1 fully saturated rings. The Hall–Kier alpha value is -0.670. The Morgan fingerprint density at radius 2 is 2.26 bits per heavy atom. The van der Waals surface area contributed by atoms with Crippen molar-refractivity contribution in [2.75, 3.05) is 18.9 Å². The van der Waals surface area contributed by atoms with Crippen molar-refractivity contribution in [3.63, 3.8) is 0 Å². The van der Waals surface area contributed by atoms with Crippen LogP contribution in [0.25, 0.3) is 0 Å². The summed E-state index contributed by atoms with van der Waals surface area (Å²) in [6, 6.07) is 6.59. The van der Waals surface area contributed by atoms with Crippen LogP contribution in [0.15, 0.2) is 18.2 Å². The molecule has 2 heterocycles. The summed E-state index contributed by atoms with van der Waals surface area (Å²) in [6.45, 7) is 5.28. The van der Waals surface area contributed by atoms with Crippen LogP contribution in [0.5, 0.6) is 5.75 Å². The number of hydrogen-bond acceptors (Lipinski definition) is 3. The SMILES string of the molecule is CC1(COc2ccc3c(c2)CCNC3)CCCCS1. The highest BCUT2D eigenvalue weighted by molar-refractivity contribution is 8.00. The lowest BCUT2D eigenvalue weighted by Crippen LogP contribution is -2.31. The van der Waals surface area contributed by atoms with Crippen molar-refractivity contribution in [1.82, 2.24) is 5.32 Å². The van der Waals surface area contributed by atoms with Gasteiger partial charge in [0.05, 0.1) is 0 Å². The summed E-state index contributed by atoms with van der Waals surface area (Å²) in [5.74, 6) is 2.34. The number of rotatable bonds is 3. The van der Waals surface area contributed by atoms with Crippen molar-refractivity contribution in [3.8, 4) is 5.75 Å². The maximum Gasteiger partial charge on any atom is 0.119 e. The zero-order chi connectivity index (χ0) is 13.1. The van der Waals surface area contributed by atoms with Gasteiger partial charge in [0, 0.05) is 11.3 Å². The van der Waals surface area contributed by atoms with E-state index in [1.165, 1.54) is 36.1 Å². The third-order valence-corrected chi connectivity index (χ3v) is 5.67. The van der Waals surface area contributed by atoms with E-state index >= 15 is 0 Å². The largest absolute Gasteiger partial charge is 0.492 e. The van der Waals surface area contributed by atoms with Crippen LogP contribution in [0.2, 0.25) is 0 Å². The van der Waals surface area contributed by atoms with Crippen LogP contribution in [-0.2, 0) is 13.0 Å². The van der Waals surface area contributed by atoms with Crippen LogP contribution in [0, 0.1) is 0 Å². The van der Waals surface area contributed by atoms with Gasteiger partial charge in [0.25, 0.3) is 0 Å². The second-order valence-electron chi connectivity index (χ2n) is 5.90. The fraction of sp³-hybridized carbons (Fsp3) is 0.625. The van der Waals surface area contributed by atoms with Crippen LogP contribution in [0.3, 0.4) is 0 Å². The molecule has 1 N–H and O–H groups in total. The molecule has 1 saturated heterocycles. The first-order valence-corrected chi connectivity index (χ1v) is 8.33. The maximum atomic E-state index is 6.07. The topological polar surface area (TPSA) is 21.3 Å². The second kappa shape index (κ2) is 5.76. The highest BCUT2D eigenvalue weighted by Gasteiger charge is 2.28. The molecular weight excluding hydrogens is 254 g/mol. The maximum absolute atomic E-state index is 6.07. The normalized spacial score (nSPS) is 26.8. The number of hydrogen-bond donors (Lipinski definition) is 1. The van der Waals surface area contributed by atoms with E-state index in [0.29, 0.717) is 4.75 Å². The Kier molecular flexibility index (Phi) is 4.04. The Labute approximate surface area is 120 Å². The Bertz CT molecular complexity index is 440. The first kappa shape index (κ1) is 13.3. The van der Waals surface area contributed by atoms with Crippen LogP contribution in [-0.4, -0.2) is 23.7 Å². The average Bonchev–Trinajstić information content (AvgIpc) is 2.46. The van der Waals surface area contributed by atoms with Gasteiger partial charge in [0.15, 0.2) is 0 Å². The second-order valence-corrected chi connectivity index (χ2v) is 7.58. The number of nitrogens with one attached hydrogen (secondary N) is 1. The summed E-state index contributed by atoms with van der Waals surface area (Å²) in [4.78, 5) is 0. The van der Waals surface area contributed by atoms with E-state index in [9.17, 15) is 0 Å². The van der Waals surface area contributed by atoms with Gasteiger partial charge >= 0.3 is 0 Å². The third-order valence-electron chi connectivity index (χ3n) is 4.16. The molecular formula is C16H23NOS. The Morgan fingerprint density at radius 3 is 3.11 bits per heavy atom. The van der Waals surface area contributed by atoms with Crippen molar-refractivity contribution < 1.29 is 4.74 Å². The minimum Gasteiger partial charge on any atom is -0.492 e. The smallest absolute Gasteiger partial charge is 0.119 e. The molecule has 19 heavy (non-hydrogen) atoms. The predicted molar refractivity (Wildman–Crippen MR) is 82.1 cm³/mol. The highest BCUT2D eigenvalue weighted by atomic mass is 32.2. The van der Waals surface area contributed by atoms with Gasteiger partial charge in [0.2, 0.25) is 0 Å². The molecule has 3 heteroatoms. The van der Waals surface area contributed by atoms with Crippen molar-refractivity contribution in [3.05, 3.63) is 29.3 Å². The predicted octanol–water partition coefficient (Wildman–Crippen LogP) is 3.39. The molecule has 0 aliphatic carbocycles. The molecule has 0 saturated carbocycles. The summed E-state index contributed by atoms with van der Waals surface area (Å²) in [6.07, 6.45) is 5.12. The standard InChI is InChI=1S/C16H23NOS/c1-16(7-2-3-9-19-16)12-18-15-5-4-14-11-17-8-6-13(14)10-15/h4-5,10,17H,2-3,6-9,11-12H2,1H3. The van der Waals surface area contributed by atoms with E-state index < -0.39 is 0 Å². The lowest BCUT2D eigenvalue weighted by Gasteiger charge is -2.32. The summed E-state index contributed by atoms with van der Waals surface area (Å²) >= 11 is 2.08. The molecule has 2 aliphatic rings. The molecule has 3 rings (SSSR count). The van der Waals surface area contributed by atoms with Gasteiger partial charge in [-0.2, -0.15) is 11.8 Å². The molecule has 1 aromatic carbocycles. The molecule has 104 valence electrons. The summed E-state index contributed by atoms with van der Waals surface area (Å²) in [7, 11) is 0. The van der Waals surface area contributed by atoms with E-state index in [2.05, 4.69) is 42.2 Å². The number of thioether (sulfide) groups is 1. The van der Waals surface area contributed by atoms with Gasteiger partial charge in [0.1, 0.15) is 12.4 Å². The average molecular weight is 277 g/mol. The summed E-state index contributed by atoms with van der Waals surface area (Å²) in [5.41, 5.74) is 2.88. The van der Waals surface area contributed by atoms with Gasteiger partial charge in [-0.05, 0) is 61.7 Å². The van der Waals surface area contributed by atoms with Crippen LogP contribution < -0.4 is 10.1 Å². The Morgan fingerprint density at radius 1 is 1.32 bits per heavy atom. The number of benzene rings is 1. The van der Waals surface area contributed by atoms with Crippen LogP contribution in [0.4, 0.5) is 0 Å². The fourth-order valence-corrected chi connectivity index (χ4v) is 4.16. The molecule has 1 aromatic rings. The quantitative estimate of drug-likeness (QED) is 0.915. The van der Waals surface area contributed by atoms with E-state index in [0.717, 1.165) is 31.9 Å². The third kappa shape index (κ3) is 3.26. The minimum absolute atomic E-state index is 0.315. The summed E-state index contributed by atoms with van der Waals surface area (Å²) in [5, 5.41) is 3.41. The van der Waals surface area contributed by atoms with Crippen molar-refractivity contribution in [1.29, 1.82) is 0 Å². The van der Waals surface area contributed by atoms with E-state index in [1.807, 2.05) is 0 Å². The molecule has 0 aromatic heterocycles. The number of ether oxygens (including phenoxy) is 1. The van der Waals surface area contributed by atoms with Crippen LogP contribution in [0.1, 0.15) is 37.3 Å². The first-order valence-electron chi connectivity index (χ1n) is 7.34. The lowest BCUT2D eigenvalue weighted by atomic mass is 10.0. The fourth-order valence-electron chi connectivity index (χ4n) is 2.88. The summed E-state index contributed by atoms with van der Waals surface area (Å²) < 4.78 is 6.39. The minimum atomic E-state index is 0.315.